The molecule has 0 aliphatic carbocycles. The summed E-state index contributed by atoms with van der Waals surface area (Å²) in [7, 11) is 0. The van der Waals surface area contributed by atoms with Crippen LogP contribution in [0.2, 0.25) is 0 Å². The number of rotatable bonds is 6. The first kappa shape index (κ1) is 15.8. The average molecular weight is 341 g/mol. The number of ether oxygens (including phenoxy) is 1. The fourth-order valence-corrected chi connectivity index (χ4v) is 2.95. The van der Waals surface area contributed by atoms with Gasteiger partial charge in [-0.05, 0) is 37.1 Å². The van der Waals surface area contributed by atoms with Gasteiger partial charge in [0.25, 0.3) is 0 Å². The van der Waals surface area contributed by atoms with Gasteiger partial charge >= 0.3 is 0 Å². The summed E-state index contributed by atoms with van der Waals surface area (Å²) in [6, 6.07) is 9.32. The van der Waals surface area contributed by atoms with E-state index in [2.05, 4.69) is 40.0 Å². The number of halogens is 1. The molecule has 0 bridgehead atoms. The molecular formula is C16H25BrN2O. The SMILES string of the molecule is CCC1CN(CCOc2ccc(Br)cc2)C(CC)CN1. The molecule has 2 rings (SSSR count). The molecule has 1 heterocycles. The van der Waals surface area contributed by atoms with Gasteiger partial charge in [0.1, 0.15) is 12.4 Å². The van der Waals surface area contributed by atoms with Crippen molar-refractivity contribution in [1.82, 2.24) is 10.2 Å². The first-order valence-electron chi connectivity index (χ1n) is 7.58. The monoisotopic (exact) mass is 340 g/mol. The van der Waals surface area contributed by atoms with Crippen LogP contribution in [0.25, 0.3) is 0 Å². The summed E-state index contributed by atoms with van der Waals surface area (Å²) in [6.45, 7) is 8.52. The molecule has 1 aromatic carbocycles. The lowest BCUT2D eigenvalue weighted by Crippen LogP contribution is -2.56. The van der Waals surface area contributed by atoms with Crippen molar-refractivity contribution in [3.63, 3.8) is 0 Å². The van der Waals surface area contributed by atoms with Gasteiger partial charge in [0.15, 0.2) is 0 Å². The smallest absolute Gasteiger partial charge is 0.119 e. The molecule has 3 nitrogen and oxygen atoms in total. The minimum atomic E-state index is 0.630. The maximum Gasteiger partial charge on any atom is 0.119 e. The van der Waals surface area contributed by atoms with Crippen molar-refractivity contribution < 1.29 is 4.74 Å². The van der Waals surface area contributed by atoms with E-state index in [1.165, 1.54) is 12.8 Å². The molecular weight excluding hydrogens is 316 g/mol. The Balaban J connectivity index is 1.80. The van der Waals surface area contributed by atoms with E-state index < -0.39 is 0 Å². The third kappa shape index (κ3) is 4.47. The predicted octanol–water partition coefficient (Wildman–Crippen LogP) is 3.29. The van der Waals surface area contributed by atoms with Crippen LogP contribution in [-0.2, 0) is 0 Å². The van der Waals surface area contributed by atoms with Crippen molar-refractivity contribution in [2.24, 2.45) is 0 Å². The number of nitrogens with one attached hydrogen (secondary N) is 1. The fourth-order valence-electron chi connectivity index (χ4n) is 2.69. The minimum absolute atomic E-state index is 0.630. The zero-order valence-electron chi connectivity index (χ0n) is 12.4. The van der Waals surface area contributed by atoms with Crippen LogP contribution in [0.1, 0.15) is 26.7 Å². The van der Waals surface area contributed by atoms with Crippen LogP contribution in [0.3, 0.4) is 0 Å². The van der Waals surface area contributed by atoms with Crippen molar-refractivity contribution in [3.05, 3.63) is 28.7 Å². The maximum absolute atomic E-state index is 5.84. The summed E-state index contributed by atoms with van der Waals surface area (Å²) in [5, 5.41) is 3.63. The molecule has 20 heavy (non-hydrogen) atoms. The van der Waals surface area contributed by atoms with Crippen molar-refractivity contribution in [2.45, 2.75) is 38.8 Å². The second kappa shape index (κ2) is 8.01. The average Bonchev–Trinajstić information content (AvgIpc) is 2.49. The molecule has 112 valence electrons. The molecule has 0 saturated carbocycles. The summed E-state index contributed by atoms with van der Waals surface area (Å²) in [4.78, 5) is 2.57. The quantitative estimate of drug-likeness (QED) is 0.859. The minimum Gasteiger partial charge on any atom is -0.492 e. The summed E-state index contributed by atoms with van der Waals surface area (Å²) in [6.07, 6.45) is 2.39. The van der Waals surface area contributed by atoms with Gasteiger partial charge in [-0.1, -0.05) is 29.8 Å². The number of hydrogen-bond donors (Lipinski definition) is 1. The van der Waals surface area contributed by atoms with Crippen LogP contribution in [0.15, 0.2) is 28.7 Å². The molecule has 1 aromatic rings. The number of hydrogen-bond acceptors (Lipinski definition) is 3. The van der Waals surface area contributed by atoms with E-state index in [1.807, 2.05) is 24.3 Å². The second-order valence-corrected chi connectivity index (χ2v) is 6.29. The van der Waals surface area contributed by atoms with E-state index in [0.29, 0.717) is 12.1 Å². The fraction of sp³-hybridized carbons (Fsp3) is 0.625. The molecule has 4 heteroatoms. The Labute approximate surface area is 130 Å². The van der Waals surface area contributed by atoms with E-state index in [0.717, 1.165) is 36.5 Å². The van der Waals surface area contributed by atoms with Gasteiger partial charge in [0, 0.05) is 36.2 Å². The summed E-state index contributed by atoms with van der Waals surface area (Å²) >= 11 is 3.44. The molecule has 1 aliphatic rings. The lowest BCUT2D eigenvalue weighted by Gasteiger charge is -2.39. The Morgan fingerprint density at radius 1 is 1.25 bits per heavy atom. The molecule has 0 aromatic heterocycles. The Bertz CT molecular complexity index is 396. The van der Waals surface area contributed by atoms with Gasteiger partial charge in [-0.2, -0.15) is 0 Å². The van der Waals surface area contributed by atoms with E-state index in [-0.39, 0.29) is 0 Å². The van der Waals surface area contributed by atoms with Crippen LogP contribution >= 0.6 is 15.9 Å². The number of nitrogens with zero attached hydrogens (tertiary/aromatic N) is 1. The third-order valence-corrected chi connectivity index (χ3v) is 4.57. The maximum atomic E-state index is 5.84. The second-order valence-electron chi connectivity index (χ2n) is 5.37. The molecule has 2 atom stereocenters. The van der Waals surface area contributed by atoms with Crippen LogP contribution in [0.4, 0.5) is 0 Å². The largest absolute Gasteiger partial charge is 0.492 e. The van der Waals surface area contributed by atoms with E-state index in [4.69, 9.17) is 4.74 Å². The molecule has 1 fully saturated rings. The first-order valence-corrected chi connectivity index (χ1v) is 8.38. The Morgan fingerprint density at radius 3 is 2.65 bits per heavy atom. The topological polar surface area (TPSA) is 24.5 Å². The molecule has 1 saturated heterocycles. The van der Waals surface area contributed by atoms with E-state index in [1.54, 1.807) is 0 Å². The zero-order chi connectivity index (χ0) is 14.4. The van der Waals surface area contributed by atoms with Gasteiger partial charge in [-0.3, -0.25) is 4.90 Å². The highest BCUT2D eigenvalue weighted by atomic mass is 79.9. The van der Waals surface area contributed by atoms with Crippen LogP contribution in [-0.4, -0.2) is 43.2 Å². The molecule has 0 spiro atoms. The van der Waals surface area contributed by atoms with E-state index in [9.17, 15) is 0 Å². The van der Waals surface area contributed by atoms with Crippen molar-refractivity contribution in [1.29, 1.82) is 0 Å². The standard InChI is InChI=1S/C16H25BrN2O/c1-3-14-12-19(15(4-2)11-18-14)9-10-20-16-7-5-13(17)6-8-16/h5-8,14-15,18H,3-4,9-12H2,1-2H3. The van der Waals surface area contributed by atoms with Crippen LogP contribution in [0, 0.1) is 0 Å². The third-order valence-electron chi connectivity index (χ3n) is 4.04. The van der Waals surface area contributed by atoms with Gasteiger partial charge in [-0.15, -0.1) is 0 Å². The van der Waals surface area contributed by atoms with Crippen LogP contribution in [0.5, 0.6) is 5.75 Å². The van der Waals surface area contributed by atoms with Gasteiger partial charge in [0.05, 0.1) is 0 Å². The highest BCUT2D eigenvalue weighted by Crippen LogP contribution is 2.17. The Hall–Kier alpha value is -0.580. The molecule has 0 radical (unpaired) electrons. The highest BCUT2D eigenvalue weighted by molar-refractivity contribution is 9.10. The summed E-state index contributed by atoms with van der Waals surface area (Å²) in [5.74, 6) is 0.948. The van der Waals surface area contributed by atoms with Crippen molar-refractivity contribution in [3.8, 4) is 5.75 Å². The highest BCUT2D eigenvalue weighted by Gasteiger charge is 2.25. The summed E-state index contributed by atoms with van der Waals surface area (Å²) in [5.41, 5.74) is 0. The van der Waals surface area contributed by atoms with Gasteiger partial charge in [0.2, 0.25) is 0 Å². The van der Waals surface area contributed by atoms with Crippen LogP contribution < -0.4 is 10.1 Å². The molecule has 1 N–H and O–H groups in total. The number of benzene rings is 1. The Morgan fingerprint density at radius 2 is 2.00 bits per heavy atom. The predicted molar refractivity (Wildman–Crippen MR) is 87.4 cm³/mol. The first-order chi connectivity index (χ1) is 9.72. The van der Waals surface area contributed by atoms with E-state index >= 15 is 0 Å². The van der Waals surface area contributed by atoms with Gasteiger partial charge < -0.3 is 10.1 Å². The number of piperazine rings is 1. The summed E-state index contributed by atoms with van der Waals surface area (Å²) < 4.78 is 6.93. The van der Waals surface area contributed by atoms with Gasteiger partial charge in [-0.25, -0.2) is 0 Å². The van der Waals surface area contributed by atoms with Crippen molar-refractivity contribution in [2.75, 3.05) is 26.2 Å². The Kier molecular flexibility index (Phi) is 6.33. The zero-order valence-corrected chi connectivity index (χ0v) is 14.0. The lowest BCUT2D eigenvalue weighted by atomic mass is 10.1. The van der Waals surface area contributed by atoms with Crippen molar-refractivity contribution >= 4 is 15.9 Å². The molecule has 1 aliphatic heterocycles. The molecule has 0 amide bonds. The normalized spacial score (nSPS) is 23.8. The molecule has 2 unspecified atom stereocenters. The lowest BCUT2D eigenvalue weighted by molar-refractivity contribution is 0.105.